The fourth-order valence-corrected chi connectivity index (χ4v) is 0.765. The molecule has 0 spiro atoms. The molecule has 0 aliphatic rings. The average molecular weight is 191 g/mol. The highest BCUT2D eigenvalue weighted by Crippen LogP contribution is 2.08. The zero-order chi connectivity index (χ0) is 10.5. The molecule has 1 atom stereocenters. The molecule has 0 aromatic rings. The predicted octanol–water partition coefficient (Wildman–Crippen LogP) is -1.11. The molecular weight excluding hydrogens is 178 g/mol. The van der Waals surface area contributed by atoms with Crippen LogP contribution in [-0.4, -0.2) is 45.9 Å². The molecule has 0 rings (SSSR count). The van der Waals surface area contributed by atoms with Gasteiger partial charge >= 0.3 is 11.9 Å². The number of carbonyl (C=O) groups is 2. The molecule has 0 saturated heterocycles. The summed E-state index contributed by atoms with van der Waals surface area (Å²) < 4.78 is 0. The Balaban J connectivity index is 4.24. The fraction of sp³-hybridized carbons (Fsp3) is 0.714. The number of hydrogen-bond donors (Lipinski definition) is 4. The van der Waals surface area contributed by atoms with Crippen LogP contribution in [0.3, 0.4) is 0 Å². The van der Waals surface area contributed by atoms with Gasteiger partial charge in [-0.25, -0.2) is 0 Å². The third-order valence-corrected chi connectivity index (χ3v) is 1.71. The van der Waals surface area contributed by atoms with E-state index in [9.17, 15) is 9.59 Å². The van der Waals surface area contributed by atoms with Crippen molar-refractivity contribution in [1.82, 2.24) is 5.32 Å². The minimum atomic E-state index is -1.38. The van der Waals surface area contributed by atoms with Crippen LogP contribution in [0.25, 0.3) is 0 Å². The van der Waals surface area contributed by atoms with E-state index in [-0.39, 0.29) is 13.0 Å². The van der Waals surface area contributed by atoms with Gasteiger partial charge in [0.2, 0.25) is 0 Å². The summed E-state index contributed by atoms with van der Waals surface area (Å²) in [5.74, 6) is -2.31. The van der Waals surface area contributed by atoms with Crippen LogP contribution in [0.15, 0.2) is 0 Å². The highest BCUT2D eigenvalue weighted by Gasteiger charge is 2.32. The summed E-state index contributed by atoms with van der Waals surface area (Å²) in [4.78, 5) is 20.8. The van der Waals surface area contributed by atoms with Gasteiger partial charge in [0.05, 0.1) is 6.54 Å². The Kier molecular flexibility index (Phi) is 4.36. The quantitative estimate of drug-likeness (QED) is 0.424. The summed E-state index contributed by atoms with van der Waals surface area (Å²) in [6.45, 7) is 0.576. The van der Waals surface area contributed by atoms with Gasteiger partial charge in [0.25, 0.3) is 0 Å². The first kappa shape index (κ1) is 11.9. The lowest BCUT2D eigenvalue weighted by Crippen LogP contribution is -2.51. The van der Waals surface area contributed by atoms with Crippen LogP contribution in [0, 0.1) is 0 Å². The van der Waals surface area contributed by atoms with Crippen molar-refractivity contribution < 1.29 is 24.9 Å². The maximum Gasteiger partial charge on any atom is 0.323 e. The van der Waals surface area contributed by atoms with E-state index in [0.29, 0.717) is 0 Å². The van der Waals surface area contributed by atoms with Crippen molar-refractivity contribution in [3.63, 3.8) is 0 Å². The van der Waals surface area contributed by atoms with E-state index in [1.54, 1.807) is 0 Å². The lowest BCUT2D eigenvalue weighted by Gasteiger charge is -2.24. The molecular formula is C7H13NO5. The Labute approximate surface area is 75.2 Å². The van der Waals surface area contributed by atoms with Gasteiger partial charge in [-0.1, -0.05) is 0 Å². The zero-order valence-corrected chi connectivity index (χ0v) is 7.28. The van der Waals surface area contributed by atoms with Crippen LogP contribution >= 0.6 is 0 Å². The smallest absolute Gasteiger partial charge is 0.323 e. The second kappa shape index (κ2) is 4.78. The minimum absolute atomic E-state index is 0.0321. The van der Waals surface area contributed by atoms with E-state index in [2.05, 4.69) is 5.32 Å². The van der Waals surface area contributed by atoms with Crippen LogP contribution in [0.5, 0.6) is 0 Å². The molecule has 4 N–H and O–H groups in total. The number of nitrogens with one attached hydrogen (secondary N) is 1. The summed E-state index contributed by atoms with van der Waals surface area (Å²) in [5, 5.41) is 27.9. The molecule has 0 amide bonds. The molecule has 1 unspecified atom stereocenters. The van der Waals surface area contributed by atoms with Crippen LogP contribution in [0.4, 0.5) is 0 Å². The van der Waals surface area contributed by atoms with Crippen LogP contribution in [-0.2, 0) is 9.59 Å². The third kappa shape index (κ3) is 3.86. The van der Waals surface area contributed by atoms with Crippen molar-refractivity contribution >= 4 is 11.9 Å². The molecule has 76 valence electrons. The topological polar surface area (TPSA) is 107 Å². The van der Waals surface area contributed by atoms with Gasteiger partial charge in [-0.15, -0.1) is 0 Å². The molecule has 0 aliphatic heterocycles. The normalized spacial score (nSPS) is 14.9. The van der Waals surface area contributed by atoms with Gasteiger partial charge in [-0.05, 0) is 13.3 Å². The van der Waals surface area contributed by atoms with Crippen molar-refractivity contribution in [2.75, 3.05) is 13.2 Å². The monoisotopic (exact) mass is 191 g/mol. The van der Waals surface area contributed by atoms with E-state index < -0.39 is 24.0 Å². The number of aliphatic hydroxyl groups excluding tert-OH is 1. The summed E-state index contributed by atoms with van der Waals surface area (Å²) in [6, 6.07) is 0. The molecule has 0 bridgehead atoms. The molecule has 0 saturated carbocycles. The van der Waals surface area contributed by atoms with E-state index in [1.807, 2.05) is 0 Å². The fourth-order valence-electron chi connectivity index (χ4n) is 0.765. The van der Waals surface area contributed by atoms with Crippen molar-refractivity contribution in [1.29, 1.82) is 0 Å². The third-order valence-electron chi connectivity index (χ3n) is 1.71. The van der Waals surface area contributed by atoms with Crippen molar-refractivity contribution in [2.24, 2.45) is 0 Å². The average Bonchev–Trinajstić information content (AvgIpc) is 2.01. The maximum atomic E-state index is 10.7. The first-order chi connectivity index (χ1) is 5.92. The van der Waals surface area contributed by atoms with Gasteiger partial charge in [0.15, 0.2) is 0 Å². The molecule has 0 aromatic carbocycles. The van der Waals surface area contributed by atoms with Crippen molar-refractivity contribution in [2.45, 2.75) is 18.9 Å². The number of hydrogen-bond acceptors (Lipinski definition) is 4. The number of aliphatic carboxylic acids is 2. The zero-order valence-electron chi connectivity index (χ0n) is 7.28. The Hall–Kier alpha value is -1.14. The summed E-state index contributed by atoms with van der Waals surface area (Å²) in [6.07, 6.45) is -0.0321. The Morgan fingerprint density at radius 2 is 1.92 bits per heavy atom. The van der Waals surface area contributed by atoms with E-state index in [0.717, 1.165) is 0 Å². The second-order valence-electron chi connectivity index (χ2n) is 2.86. The van der Waals surface area contributed by atoms with Crippen LogP contribution < -0.4 is 5.32 Å². The number of carboxylic acids is 2. The van der Waals surface area contributed by atoms with Crippen molar-refractivity contribution in [3.05, 3.63) is 0 Å². The number of aliphatic hydroxyl groups is 1. The lowest BCUT2D eigenvalue weighted by molar-refractivity contribution is -0.145. The summed E-state index contributed by atoms with van der Waals surface area (Å²) in [7, 11) is 0. The first-order valence-corrected chi connectivity index (χ1v) is 3.73. The number of carboxylic acid groups (broad SMARTS) is 2. The summed E-state index contributed by atoms with van der Waals surface area (Å²) >= 11 is 0. The SMILES string of the molecule is CC(CCO)(NCC(=O)O)C(=O)O. The van der Waals surface area contributed by atoms with E-state index >= 15 is 0 Å². The molecule has 0 aliphatic carbocycles. The van der Waals surface area contributed by atoms with Crippen molar-refractivity contribution in [3.8, 4) is 0 Å². The van der Waals surface area contributed by atoms with E-state index in [4.69, 9.17) is 15.3 Å². The molecule has 0 heterocycles. The first-order valence-electron chi connectivity index (χ1n) is 3.73. The standard InChI is InChI=1S/C7H13NO5/c1-7(2-3-9,6(12)13)8-4-5(10)11/h8-9H,2-4H2,1H3,(H,10,11)(H,12,13). The highest BCUT2D eigenvalue weighted by atomic mass is 16.4. The van der Waals surface area contributed by atoms with Gasteiger partial charge < -0.3 is 15.3 Å². The van der Waals surface area contributed by atoms with E-state index in [1.165, 1.54) is 6.92 Å². The maximum absolute atomic E-state index is 10.7. The Morgan fingerprint density at radius 1 is 1.38 bits per heavy atom. The Morgan fingerprint density at radius 3 is 2.23 bits per heavy atom. The predicted molar refractivity (Wildman–Crippen MR) is 43.4 cm³/mol. The summed E-state index contributed by atoms with van der Waals surface area (Å²) in [5.41, 5.74) is -1.38. The van der Waals surface area contributed by atoms with Gasteiger partial charge in [-0.2, -0.15) is 0 Å². The highest BCUT2D eigenvalue weighted by molar-refractivity contribution is 5.79. The van der Waals surface area contributed by atoms with Gasteiger partial charge in [-0.3, -0.25) is 14.9 Å². The Bertz CT molecular complexity index is 205. The van der Waals surface area contributed by atoms with Crippen LogP contribution in [0.2, 0.25) is 0 Å². The molecule has 0 fully saturated rings. The largest absolute Gasteiger partial charge is 0.480 e. The van der Waals surface area contributed by atoms with Gasteiger partial charge in [0.1, 0.15) is 5.54 Å². The molecule has 0 radical (unpaired) electrons. The lowest BCUT2D eigenvalue weighted by atomic mass is 9.99. The second-order valence-corrected chi connectivity index (χ2v) is 2.86. The van der Waals surface area contributed by atoms with Crippen LogP contribution in [0.1, 0.15) is 13.3 Å². The molecule has 13 heavy (non-hydrogen) atoms. The minimum Gasteiger partial charge on any atom is -0.480 e. The number of rotatable bonds is 6. The van der Waals surface area contributed by atoms with Gasteiger partial charge in [0, 0.05) is 6.61 Å². The molecule has 0 aromatic heterocycles. The molecule has 6 nitrogen and oxygen atoms in total. The molecule has 6 heteroatoms.